The maximum Gasteiger partial charge on any atom is 0.348 e. The summed E-state index contributed by atoms with van der Waals surface area (Å²) < 4.78 is 44.2. The normalized spacial score (nSPS) is 20.7. The van der Waals surface area contributed by atoms with Gasteiger partial charge in [0.15, 0.2) is 0 Å². The number of sulfonamides is 1. The highest BCUT2D eigenvalue weighted by molar-refractivity contribution is 7.89. The lowest BCUT2D eigenvalue weighted by Crippen LogP contribution is -2.52. The molecule has 0 N–H and O–H groups in total. The lowest BCUT2D eigenvalue weighted by Gasteiger charge is -2.38. The van der Waals surface area contributed by atoms with Gasteiger partial charge in [0.05, 0.1) is 32.4 Å². The molecular weight excluding hydrogens is 460 g/mol. The van der Waals surface area contributed by atoms with Crippen LogP contribution in [-0.2, 0) is 24.3 Å². The van der Waals surface area contributed by atoms with Crippen molar-refractivity contribution in [3.63, 3.8) is 0 Å². The van der Waals surface area contributed by atoms with E-state index in [1.54, 1.807) is 42.5 Å². The highest BCUT2D eigenvalue weighted by atomic mass is 32.2. The first-order valence-electron chi connectivity index (χ1n) is 11.1. The van der Waals surface area contributed by atoms with Gasteiger partial charge in [0.25, 0.3) is 0 Å². The summed E-state index contributed by atoms with van der Waals surface area (Å²) >= 11 is 0. The molecule has 2 heterocycles. The van der Waals surface area contributed by atoms with Gasteiger partial charge < -0.3 is 19.1 Å². The number of hydrogen-bond donors (Lipinski definition) is 0. The first-order valence-corrected chi connectivity index (χ1v) is 12.5. The Kier molecular flexibility index (Phi) is 6.81. The van der Waals surface area contributed by atoms with Gasteiger partial charge in [-0.3, -0.25) is 4.79 Å². The van der Waals surface area contributed by atoms with Crippen LogP contribution in [0.2, 0.25) is 0 Å². The number of fused-ring (bicyclic) bond motifs is 1. The number of aryl methyl sites for hydroxylation is 1. The van der Waals surface area contributed by atoms with Crippen LogP contribution in [0.3, 0.4) is 0 Å². The summed E-state index contributed by atoms with van der Waals surface area (Å²) in [5, 5.41) is 0. The second-order valence-corrected chi connectivity index (χ2v) is 10.3. The van der Waals surface area contributed by atoms with Gasteiger partial charge in [-0.15, -0.1) is 0 Å². The highest BCUT2D eigenvalue weighted by Gasteiger charge is 2.40. The minimum atomic E-state index is -3.87. The maximum atomic E-state index is 13.6. The Morgan fingerprint density at radius 1 is 1.09 bits per heavy atom. The third-order valence-electron chi connectivity index (χ3n) is 6.17. The van der Waals surface area contributed by atoms with Crippen LogP contribution in [0.4, 0.5) is 5.69 Å². The lowest BCUT2D eigenvalue weighted by atomic mass is 9.97. The number of para-hydroxylation sites is 2. The number of rotatable bonds is 5. The van der Waals surface area contributed by atoms with E-state index < -0.39 is 28.0 Å². The first-order chi connectivity index (χ1) is 16.3. The quantitative estimate of drug-likeness (QED) is 0.596. The third kappa shape index (κ3) is 4.47. The van der Waals surface area contributed by atoms with E-state index in [1.165, 1.54) is 23.4 Å². The van der Waals surface area contributed by atoms with E-state index in [-0.39, 0.29) is 29.6 Å². The molecule has 0 aliphatic carbocycles. The minimum Gasteiger partial charge on any atom is -0.495 e. The van der Waals surface area contributed by atoms with Crippen LogP contribution >= 0.6 is 0 Å². The van der Waals surface area contributed by atoms with E-state index >= 15 is 0 Å². The number of piperidine rings is 1. The van der Waals surface area contributed by atoms with Crippen molar-refractivity contribution >= 4 is 27.6 Å². The first kappa shape index (κ1) is 24.0. The molecule has 1 saturated heterocycles. The second kappa shape index (κ2) is 9.63. The van der Waals surface area contributed by atoms with Gasteiger partial charge in [0.2, 0.25) is 22.0 Å². The van der Waals surface area contributed by atoms with Gasteiger partial charge in [0, 0.05) is 13.1 Å². The van der Waals surface area contributed by atoms with Gasteiger partial charge in [-0.1, -0.05) is 18.2 Å². The van der Waals surface area contributed by atoms with Crippen LogP contribution in [0.1, 0.15) is 18.4 Å². The molecule has 0 aromatic heterocycles. The Balaban J connectivity index is 1.60. The predicted octanol–water partition coefficient (Wildman–Crippen LogP) is 2.37. The van der Waals surface area contributed by atoms with E-state index in [2.05, 4.69) is 0 Å². The van der Waals surface area contributed by atoms with Gasteiger partial charge >= 0.3 is 5.97 Å². The van der Waals surface area contributed by atoms with Gasteiger partial charge in [-0.2, -0.15) is 4.31 Å². The summed E-state index contributed by atoms with van der Waals surface area (Å²) in [5.74, 6) is -0.722. The minimum absolute atomic E-state index is 0.00251. The molecule has 34 heavy (non-hydrogen) atoms. The Hall–Kier alpha value is -3.11. The molecule has 0 spiro atoms. The van der Waals surface area contributed by atoms with Crippen molar-refractivity contribution in [3.8, 4) is 11.5 Å². The van der Waals surface area contributed by atoms with Crippen molar-refractivity contribution < 1.29 is 32.2 Å². The van der Waals surface area contributed by atoms with E-state index in [9.17, 15) is 18.0 Å². The van der Waals surface area contributed by atoms with Crippen LogP contribution in [0.5, 0.6) is 11.5 Å². The summed E-state index contributed by atoms with van der Waals surface area (Å²) in [6, 6.07) is 12.0. The number of hydrogen-bond acceptors (Lipinski definition) is 7. The predicted molar refractivity (Wildman–Crippen MR) is 124 cm³/mol. The molecule has 2 aromatic carbocycles. The molecule has 2 aromatic rings. The number of benzene rings is 2. The molecule has 0 saturated carbocycles. The van der Waals surface area contributed by atoms with Crippen LogP contribution in [-0.4, -0.2) is 64.6 Å². The van der Waals surface area contributed by atoms with Gasteiger partial charge in [0.1, 0.15) is 16.4 Å². The number of ether oxygens (including phenoxy) is 3. The molecular formula is C24H28N2O7S. The molecule has 1 fully saturated rings. The standard InChI is InChI=1S/C24H28N2O7S/c1-16-10-11-20(31-2)22(13-16)34(29,30)25-12-6-7-17(14-25)23(27)26-15-21(24(28)32-3)33-19-9-5-4-8-18(19)26/h4-5,8-11,13,17,21H,6-7,12,14-15H2,1-3H3. The summed E-state index contributed by atoms with van der Waals surface area (Å²) in [7, 11) is -1.18. The maximum absolute atomic E-state index is 13.6. The highest BCUT2D eigenvalue weighted by Crippen LogP contribution is 2.36. The van der Waals surface area contributed by atoms with Crippen LogP contribution < -0.4 is 14.4 Å². The smallest absolute Gasteiger partial charge is 0.348 e. The molecule has 4 rings (SSSR count). The zero-order valence-corrected chi connectivity index (χ0v) is 20.2. The Morgan fingerprint density at radius 3 is 2.59 bits per heavy atom. The fraction of sp³-hybridized carbons (Fsp3) is 0.417. The largest absolute Gasteiger partial charge is 0.495 e. The van der Waals surface area contributed by atoms with Gasteiger partial charge in [-0.05, 0) is 49.6 Å². The molecule has 9 nitrogen and oxygen atoms in total. The zero-order valence-electron chi connectivity index (χ0n) is 19.4. The van der Waals surface area contributed by atoms with E-state index in [0.717, 1.165) is 5.56 Å². The van der Waals surface area contributed by atoms with Crippen molar-refractivity contribution in [1.82, 2.24) is 4.31 Å². The fourth-order valence-electron chi connectivity index (χ4n) is 4.40. The Labute approximate surface area is 199 Å². The number of methoxy groups -OCH3 is 2. The molecule has 0 bridgehead atoms. The Morgan fingerprint density at radius 2 is 1.85 bits per heavy atom. The number of anilines is 1. The van der Waals surface area contributed by atoms with Crippen molar-refractivity contribution in [3.05, 3.63) is 48.0 Å². The molecule has 182 valence electrons. The average molecular weight is 489 g/mol. The van der Waals surface area contributed by atoms with E-state index in [4.69, 9.17) is 14.2 Å². The lowest BCUT2D eigenvalue weighted by molar-refractivity contribution is -0.148. The fourth-order valence-corrected chi connectivity index (χ4v) is 6.17. The molecule has 2 atom stereocenters. The van der Waals surface area contributed by atoms with Crippen molar-refractivity contribution in [1.29, 1.82) is 0 Å². The molecule has 1 amide bonds. The van der Waals surface area contributed by atoms with Crippen molar-refractivity contribution in [2.45, 2.75) is 30.8 Å². The van der Waals surface area contributed by atoms with Crippen LogP contribution in [0, 0.1) is 12.8 Å². The summed E-state index contributed by atoms with van der Waals surface area (Å²) in [5.41, 5.74) is 1.34. The topological polar surface area (TPSA) is 102 Å². The summed E-state index contributed by atoms with van der Waals surface area (Å²) in [6.45, 7) is 2.17. The van der Waals surface area contributed by atoms with Crippen LogP contribution in [0.25, 0.3) is 0 Å². The van der Waals surface area contributed by atoms with Gasteiger partial charge in [-0.25, -0.2) is 13.2 Å². The second-order valence-electron chi connectivity index (χ2n) is 8.40. The number of carbonyl (C=O) groups is 2. The molecule has 2 aliphatic heterocycles. The summed E-state index contributed by atoms with van der Waals surface area (Å²) in [4.78, 5) is 27.4. The number of carbonyl (C=O) groups excluding carboxylic acids is 2. The van der Waals surface area contributed by atoms with Crippen molar-refractivity contribution in [2.24, 2.45) is 5.92 Å². The van der Waals surface area contributed by atoms with E-state index in [1.807, 2.05) is 6.92 Å². The number of amides is 1. The Bertz CT molecular complexity index is 1200. The van der Waals surface area contributed by atoms with Crippen LogP contribution in [0.15, 0.2) is 47.4 Å². The molecule has 2 unspecified atom stereocenters. The third-order valence-corrected chi connectivity index (χ3v) is 8.06. The zero-order chi connectivity index (χ0) is 24.5. The summed E-state index contributed by atoms with van der Waals surface area (Å²) in [6.07, 6.45) is 0.123. The monoisotopic (exact) mass is 488 g/mol. The number of esters is 1. The van der Waals surface area contributed by atoms with Crippen molar-refractivity contribution in [2.75, 3.05) is 38.8 Å². The average Bonchev–Trinajstić information content (AvgIpc) is 2.87. The van der Waals surface area contributed by atoms with E-state index in [0.29, 0.717) is 30.8 Å². The SMILES string of the molecule is COC(=O)C1CN(C(=O)C2CCCN(S(=O)(=O)c3cc(C)ccc3OC)C2)c2ccccc2O1. The molecule has 0 radical (unpaired) electrons. The molecule has 10 heteroatoms. The molecule has 2 aliphatic rings. The number of nitrogens with zero attached hydrogens (tertiary/aromatic N) is 2.